The van der Waals surface area contributed by atoms with Crippen molar-refractivity contribution in [2.24, 2.45) is 16.7 Å². The molecule has 1 nitrogen and oxygen atoms in total. The summed E-state index contributed by atoms with van der Waals surface area (Å²) < 4.78 is 6.66. The summed E-state index contributed by atoms with van der Waals surface area (Å²) in [5, 5.41) is 0. The minimum Gasteiger partial charge on any atom is -0.367 e. The molecule has 0 aromatic rings. The van der Waals surface area contributed by atoms with E-state index in [4.69, 9.17) is 4.74 Å². The predicted octanol–water partition coefficient (Wildman–Crippen LogP) is 5.91. The summed E-state index contributed by atoms with van der Waals surface area (Å²) in [5.74, 6) is 0.833. The van der Waals surface area contributed by atoms with Crippen molar-refractivity contribution >= 4 is 0 Å². The van der Waals surface area contributed by atoms with E-state index in [-0.39, 0.29) is 5.60 Å². The highest BCUT2D eigenvalue weighted by Gasteiger charge is 2.62. The number of hydrogen-bond donors (Lipinski definition) is 0. The smallest absolute Gasteiger partial charge is 0.0838 e. The fraction of sp³-hybridized carbons (Fsp3) is 0.800. The van der Waals surface area contributed by atoms with Crippen molar-refractivity contribution in [3.8, 4) is 0 Å². The van der Waals surface area contributed by atoms with E-state index in [0.29, 0.717) is 16.9 Å². The maximum atomic E-state index is 6.66. The van der Waals surface area contributed by atoms with Gasteiger partial charge in [-0.15, -0.1) is 6.58 Å². The predicted molar refractivity (Wildman–Crippen MR) is 91.4 cm³/mol. The van der Waals surface area contributed by atoms with Gasteiger partial charge in [0, 0.05) is 0 Å². The summed E-state index contributed by atoms with van der Waals surface area (Å²) in [6.07, 6.45) is 10.7. The SMILES string of the molecule is C=CC(C)(CCC=C(C)C)O[C@H]1C[C@H]2CC[C@@]1(C)C2(C)C. The van der Waals surface area contributed by atoms with E-state index in [9.17, 15) is 0 Å². The molecule has 0 saturated heterocycles. The van der Waals surface area contributed by atoms with Gasteiger partial charge in [-0.2, -0.15) is 0 Å². The van der Waals surface area contributed by atoms with Crippen LogP contribution in [0.4, 0.5) is 0 Å². The molecule has 2 aliphatic carbocycles. The van der Waals surface area contributed by atoms with Gasteiger partial charge in [-0.3, -0.25) is 0 Å². The molecule has 0 spiro atoms. The molecule has 4 atom stereocenters. The molecule has 0 aliphatic heterocycles. The average Bonchev–Trinajstić information content (AvgIpc) is 2.71. The standard InChI is InChI=1S/C20H34O/c1-8-19(6,12-9-10-15(2)3)21-17-14-16-11-13-20(17,7)18(16,4)5/h8,10,16-17H,1,9,11-14H2,2-7H3/t16-,17+,19?,20-/m1/s1. The Morgan fingerprint density at radius 3 is 2.43 bits per heavy atom. The highest BCUT2D eigenvalue weighted by molar-refractivity contribution is 5.12. The van der Waals surface area contributed by atoms with Crippen molar-refractivity contribution < 1.29 is 4.74 Å². The summed E-state index contributed by atoms with van der Waals surface area (Å²) in [7, 11) is 0. The van der Waals surface area contributed by atoms with Crippen molar-refractivity contribution in [2.45, 2.75) is 85.4 Å². The molecule has 1 unspecified atom stereocenters. The van der Waals surface area contributed by atoms with Crippen molar-refractivity contribution in [2.75, 3.05) is 0 Å². The second-order valence-corrected chi connectivity index (χ2v) is 8.55. The van der Waals surface area contributed by atoms with Gasteiger partial charge < -0.3 is 4.74 Å². The van der Waals surface area contributed by atoms with Gasteiger partial charge in [0.15, 0.2) is 0 Å². The fourth-order valence-corrected chi connectivity index (χ4v) is 4.49. The van der Waals surface area contributed by atoms with Crippen molar-refractivity contribution in [3.63, 3.8) is 0 Å². The summed E-state index contributed by atoms with van der Waals surface area (Å²) in [6, 6.07) is 0. The Kier molecular flexibility index (Phi) is 4.46. The van der Waals surface area contributed by atoms with Crippen LogP contribution < -0.4 is 0 Å². The van der Waals surface area contributed by atoms with Crippen LogP contribution in [0.25, 0.3) is 0 Å². The van der Waals surface area contributed by atoms with Crippen LogP contribution in [0.1, 0.15) is 73.6 Å². The van der Waals surface area contributed by atoms with E-state index < -0.39 is 0 Å². The van der Waals surface area contributed by atoms with Gasteiger partial charge in [0.1, 0.15) is 0 Å². The first-order valence-electron chi connectivity index (χ1n) is 8.59. The largest absolute Gasteiger partial charge is 0.367 e. The molecule has 2 rings (SSSR count). The first kappa shape index (κ1) is 16.8. The first-order valence-corrected chi connectivity index (χ1v) is 8.59. The van der Waals surface area contributed by atoms with E-state index >= 15 is 0 Å². The lowest BCUT2D eigenvalue weighted by Crippen LogP contribution is -2.42. The number of rotatable bonds is 6. The normalized spacial score (nSPS) is 36.3. The van der Waals surface area contributed by atoms with Gasteiger partial charge in [-0.25, -0.2) is 0 Å². The summed E-state index contributed by atoms with van der Waals surface area (Å²) >= 11 is 0. The molecule has 2 bridgehead atoms. The third kappa shape index (κ3) is 2.86. The van der Waals surface area contributed by atoms with E-state index in [2.05, 4.69) is 54.2 Å². The number of fused-ring (bicyclic) bond motifs is 2. The third-order valence-electron chi connectivity index (χ3n) is 6.75. The monoisotopic (exact) mass is 290 g/mol. The van der Waals surface area contributed by atoms with Crippen molar-refractivity contribution in [1.29, 1.82) is 0 Å². The fourth-order valence-electron chi connectivity index (χ4n) is 4.49. The Labute approximate surface area is 131 Å². The van der Waals surface area contributed by atoms with Gasteiger partial charge in [-0.05, 0) is 69.6 Å². The molecule has 0 amide bonds. The Bertz CT molecular complexity index is 429. The zero-order valence-electron chi connectivity index (χ0n) is 15.0. The van der Waals surface area contributed by atoms with Gasteiger partial charge in [0.2, 0.25) is 0 Å². The molecule has 0 N–H and O–H groups in total. The quantitative estimate of drug-likeness (QED) is 0.553. The maximum absolute atomic E-state index is 6.66. The molecule has 2 fully saturated rings. The van der Waals surface area contributed by atoms with Crippen LogP contribution in [0.15, 0.2) is 24.3 Å². The summed E-state index contributed by atoms with van der Waals surface area (Å²) in [5.41, 5.74) is 1.94. The number of hydrogen-bond acceptors (Lipinski definition) is 1. The van der Waals surface area contributed by atoms with Crippen LogP contribution >= 0.6 is 0 Å². The average molecular weight is 290 g/mol. The van der Waals surface area contributed by atoms with Crippen LogP contribution in [-0.4, -0.2) is 11.7 Å². The van der Waals surface area contributed by atoms with Crippen LogP contribution in [0.5, 0.6) is 0 Å². The van der Waals surface area contributed by atoms with E-state index in [1.807, 2.05) is 6.08 Å². The third-order valence-corrected chi connectivity index (χ3v) is 6.75. The molecule has 1 heteroatoms. The molecular weight excluding hydrogens is 256 g/mol. The molecule has 0 aromatic heterocycles. The minimum atomic E-state index is -0.194. The lowest BCUT2D eigenvalue weighted by molar-refractivity contribution is -0.116. The Morgan fingerprint density at radius 2 is 2.00 bits per heavy atom. The van der Waals surface area contributed by atoms with Crippen molar-refractivity contribution in [1.82, 2.24) is 0 Å². The highest BCUT2D eigenvalue weighted by atomic mass is 16.5. The molecule has 0 radical (unpaired) electrons. The summed E-state index contributed by atoms with van der Waals surface area (Å²) in [6.45, 7) is 17.9. The number of allylic oxidation sites excluding steroid dienone is 2. The molecule has 2 saturated carbocycles. The van der Waals surface area contributed by atoms with E-state index in [1.165, 1.54) is 24.8 Å². The molecule has 120 valence electrons. The minimum absolute atomic E-state index is 0.194. The second kappa shape index (κ2) is 5.57. The molecule has 21 heavy (non-hydrogen) atoms. The molecular formula is C20H34O. The van der Waals surface area contributed by atoms with Crippen LogP contribution in [0.2, 0.25) is 0 Å². The Balaban J connectivity index is 2.06. The van der Waals surface area contributed by atoms with Gasteiger partial charge in [-0.1, -0.05) is 38.5 Å². The Morgan fingerprint density at radius 1 is 1.33 bits per heavy atom. The number of ether oxygens (including phenoxy) is 1. The van der Waals surface area contributed by atoms with Gasteiger partial charge >= 0.3 is 0 Å². The molecule has 0 aromatic carbocycles. The zero-order chi connectivity index (χ0) is 15.9. The van der Waals surface area contributed by atoms with Crippen LogP contribution in [0.3, 0.4) is 0 Å². The van der Waals surface area contributed by atoms with E-state index in [0.717, 1.165) is 18.8 Å². The maximum Gasteiger partial charge on any atom is 0.0838 e. The topological polar surface area (TPSA) is 9.23 Å². The Hall–Kier alpha value is -0.560. The van der Waals surface area contributed by atoms with Gasteiger partial charge in [0.05, 0.1) is 11.7 Å². The van der Waals surface area contributed by atoms with E-state index in [1.54, 1.807) is 0 Å². The summed E-state index contributed by atoms with van der Waals surface area (Å²) in [4.78, 5) is 0. The zero-order valence-corrected chi connectivity index (χ0v) is 15.0. The van der Waals surface area contributed by atoms with Crippen LogP contribution in [-0.2, 0) is 4.74 Å². The first-order chi connectivity index (χ1) is 9.64. The second-order valence-electron chi connectivity index (χ2n) is 8.55. The highest BCUT2D eigenvalue weighted by Crippen LogP contribution is 2.66. The van der Waals surface area contributed by atoms with Gasteiger partial charge in [0.25, 0.3) is 0 Å². The molecule has 2 aliphatic rings. The molecule has 0 heterocycles. The lowest BCUT2D eigenvalue weighted by Gasteiger charge is -2.42. The van der Waals surface area contributed by atoms with Crippen LogP contribution in [0, 0.1) is 16.7 Å². The lowest BCUT2D eigenvalue weighted by atomic mass is 9.70. The van der Waals surface area contributed by atoms with Crippen molar-refractivity contribution in [3.05, 3.63) is 24.3 Å².